The maximum atomic E-state index is 13.2. The molecule has 0 aliphatic rings. The Morgan fingerprint density at radius 3 is 2.37 bits per heavy atom. The predicted molar refractivity (Wildman–Crippen MR) is 80.6 cm³/mol. The molecule has 0 fully saturated rings. The van der Waals surface area contributed by atoms with Gasteiger partial charge in [0.05, 0.1) is 4.47 Å². The van der Waals surface area contributed by atoms with Gasteiger partial charge in [-0.25, -0.2) is 4.39 Å². The third-order valence-corrected chi connectivity index (χ3v) is 4.05. The molecule has 0 saturated carbocycles. The van der Waals surface area contributed by atoms with E-state index in [1.54, 1.807) is 12.1 Å². The molecule has 0 aliphatic heterocycles. The summed E-state index contributed by atoms with van der Waals surface area (Å²) in [7, 11) is 0. The highest BCUT2D eigenvalue weighted by Gasteiger charge is 2.12. The van der Waals surface area contributed by atoms with Gasteiger partial charge in [-0.2, -0.15) is 0 Å². The first-order chi connectivity index (χ1) is 8.99. The van der Waals surface area contributed by atoms with E-state index in [1.165, 1.54) is 22.8 Å². The molecule has 2 aromatic carbocycles. The lowest BCUT2D eigenvalue weighted by atomic mass is 9.93. The Morgan fingerprint density at radius 1 is 1.16 bits per heavy atom. The normalized spacial score (nSPS) is 12.5. The molecule has 0 aromatic heterocycles. The van der Waals surface area contributed by atoms with Gasteiger partial charge < -0.3 is 5.73 Å². The predicted octanol–water partition coefficient (Wildman–Crippen LogP) is 4.45. The molecule has 0 spiro atoms. The Hall–Kier alpha value is -1.19. The van der Waals surface area contributed by atoms with Gasteiger partial charge in [0.15, 0.2) is 0 Å². The molecule has 100 valence electrons. The summed E-state index contributed by atoms with van der Waals surface area (Å²) in [5.41, 5.74) is 10.9. The van der Waals surface area contributed by atoms with Crippen LogP contribution in [0.15, 0.2) is 40.9 Å². The summed E-state index contributed by atoms with van der Waals surface area (Å²) in [5, 5.41) is 0. The monoisotopic (exact) mass is 321 g/mol. The molecule has 0 amide bonds. The second kappa shape index (κ2) is 5.85. The van der Waals surface area contributed by atoms with Crippen LogP contribution in [0.3, 0.4) is 0 Å². The summed E-state index contributed by atoms with van der Waals surface area (Å²) in [4.78, 5) is 0. The van der Waals surface area contributed by atoms with Crippen LogP contribution < -0.4 is 5.73 Å². The molecule has 3 heteroatoms. The molecule has 0 bridgehead atoms. The van der Waals surface area contributed by atoms with Crippen molar-refractivity contribution in [3.8, 4) is 0 Å². The molecule has 0 heterocycles. The fourth-order valence-electron chi connectivity index (χ4n) is 2.25. The van der Waals surface area contributed by atoms with E-state index >= 15 is 0 Å². The Bertz CT molecular complexity index is 575. The fraction of sp³-hybridized carbons (Fsp3) is 0.250. The minimum absolute atomic E-state index is 0.128. The number of hydrogen-bond donors (Lipinski definition) is 1. The summed E-state index contributed by atoms with van der Waals surface area (Å²) in [6.45, 7) is 4.19. The number of hydrogen-bond acceptors (Lipinski definition) is 1. The molecule has 1 atom stereocenters. The zero-order valence-corrected chi connectivity index (χ0v) is 12.7. The maximum absolute atomic E-state index is 13.2. The largest absolute Gasteiger partial charge is 0.324 e. The molecule has 2 N–H and O–H groups in total. The summed E-state index contributed by atoms with van der Waals surface area (Å²) in [6, 6.07) is 11.1. The van der Waals surface area contributed by atoms with Crippen LogP contribution in [-0.4, -0.2) is 0 Å². The van der Waals surface area contributed by atoms with Gasteiger partial charge >= 0.3 is 0 Å². The molecular weight excluding hydrogens is 305 g/mol. The number of halogens is 2. The number of benzene rings is 2. The van der Waals surface area contributed by atoms with Crippen molar-refractivity contribution >= 4 is 15.9 Å². The fourth-order valence-corrected chi connectivity index (χ4v) is 2.65. The van der Waals surface area contributed by atoms with Crippen molar-refractivity contribution in [2.75, 3.05) is 0 Å². The van der Waals surface area contributed by atoms with E-state index in [2.05, 4.69) is 41.9 Å². The highest BCUT2D eigenvalue weighted by Crippen LogP contribution is 2.24. The second-order valence-electron chi connectivity index (χ2n) is 4.85. The van der Waals surface area contributed by atoms with Crippen molar-refractivity contribution in [1.29, 1.82) is 0 Å². The zero-order valence-electron chi connectivity index (χ0n) is 11.1. The SMILES string of the molecule is Cc1cccc(C)c1CC(N)c1ccc(F)c(Br)c1. The number of aryl methyl sites for hydroxylation is 2. The van der Waals surface area contributed by atoms with E-state index in [1.807, 2.05) is 6.07 Å². The molecule has 2 rings (SSSR count). The van der Waals surface area contributed by atoms with Crippen LogP contribution in [-0.2, 0) is 6.42 Å². The lowest BCUT2D eigenvalue weighted by Crippen LogP contribution is -2.15. The van der Waals surface area contributed by atoms with Gasteiger partial charge in [-0.1, -0.05) is 24.3 Å². The smallest absolute Gasteiger partial charge is 0.137 e. The third-order valence-electron chi connectivity index (χ3n) is 3.44. The van der Waals surface area contributed by atoms with Crippen LogP contribution in [0, 0.1) is 19.7 Å². The van der Waals surface area contributed by atoms with E-state index in [9.17, 15) is 4.39 Å². The molecule has 0 radical (unpaired) electrons. The van der Waals surface area contributed by atoms with Crippen molar-refractivity contribution in [2.45, 2.75) is 26.3 Å². The van der Waals surface area contributed by atoms with Gasteiger partial charge in [0, 0.05) is 6.04 Å². The maximum Gasteiger partial charge on any atom is 0.137 e. The summed E-state index contributed by atoms with van der Waals surface area (Å²) < 4.78 is 13.7. The van der Waals surface area contributed by atoms with Gasteiger partial charge in [0.1, 0.15) is 5.82 Å². The van der Waals surface area contributed by atoms with Crippen molar-refractivity contribution in [2.24, 2.45) is 5.73 Å². The molecule has 1 unspecified atom stereocenters. The minimum Gasteiger partial charge on any atom is -0.324 e. The first-order valence-corrected chi connectivity index (χ1v) is 7.04. The van der Waals surface area contributed by atoms with Gasteiger partial charge in [-0.05, 0) is 70.6 Å². The summed E-state index contributed by atoms with van der Waals surface area (Å²) >= 11 is 3.20. The van der Waals surface area contributed by atoms with Crippen molar-refractivity contribution < 1.29 is 4.39 Å². The van der Waals surface area contributed by atoms with Gasteiger partial charge in [-0.15, -0.1) is 0 Å². The van der Waals surface area contributed by atoms with Crippen LogP contribution >= 0.6 is 15.9 Å². The Kier molecular flexibility index (Phi) is 4.38. The lowest BCUT2D eigenvalue weighted by Gasteiger charge is -2.16. The van der Waals surface area contributed by atoms with E-state index in [0.717, 1.165) is 12.0 Å². The van der Waals surface area contributed by atoms with E-state index in [0.29, 0.717) is 4.47 Å². The Labute approximate surface area is 121 Å². The average molecular weight is 322 g/mol. The molecular formula is C16H17BrFN. The lowest BCUT2D eigenvalue weighted by molar-refractivity contribution is 0.617. The van der Waals surface area contributed by atoms with Crippen molar-refractivity contribution in [3.05, 3.63) is 68.9 Å². The zero-order chi connectivity index (χ0) is 14.0. The van der Waals surface area contributed by atoms with Crippen LogP contribution in [0.2, 0.25) is 0 Å². The molecule has 1 nitrogen and oxygen atoms in total. The van der Waals surface area contributed by atoms with E-state index < -0.39 is 0 Å². The first kappa shape index (κ1) is 14.2. The Morgan fingerprint density at radius 2 is 1.79 bits per heavy atom. The summed E-state index contributed by atoms with van der Waals surface area (Å²) in [6.07, 6.45) is 0.760. The average Bonchev–Trinajstić information content (AvgIpc) is 2.37. The second-order valence-corrected chi connectivity index (χ2v) is 5.71. The standard InChI is InChI=1S/C16H17BrFN/c1-10-4-3-5-11(2)13(10)9-16(19)12-6-7-15(18)14(17)8-12/h3-8,16H,9,19H2,1-2H3. The van der Waals surface area contributed by atoms with Gasteiger partial charge in [0.2, 0.25) is 0 Å². The quantitative estimate of drug-likeness (QED) is 0.888. The first-order valence-electron chi connectivity index (χ1n) is 6.24. The third kappa shape index (κ3) is 3.23. The van der Waals surface area contributed by atoms with Gasteiger partial charge in [-0.3, -0.25) is 0 Å². The highest BCUT2D eigenvalue weighted by molar-refractivity contribution is 9.10. The molecule has 0 saturated heterocycles. The minimum atomic E-state index is -0.261. The van der Waals surface area contributed by atoms with Crippen LogP contribution in [0.5, 0.6) is 0 Å². The molecule has 2 aromatic rings. The van der Waals surface area contributed by atoms with Crippen molar-refractivity contribution in [1.82, 2.24) is 0 Å². The highest BCUT2D eigenvalue weighted by atomic mass is 79.9. The number of nitrogens with two attached hydrogens (primary N) is 1. The topological polar surface area (TPSA) is 26.0 Å². The van der Waals surface area contributed by atoms with E-state index in [-0.39, 0.29) is 11.9 Å². The van der Waals surface area contributed by atoms with Gasteiger partial charge in [0.25, 0.3) is 0 Å². The van der Waals surface area contributed by atoms with Crippen LogP contribution in [0.4, 0.5) is 4.39 Å². The van der Waals surface area contributed by atoms with Crippen LogP contribution in [0.1, 0.15) is 28.3 Å². The number of rotatable bonds is 3. The molecule has 0 aliphatic carbocycles. The van der Waals surface area contributed by atoms with E-state index in [4.69, 9.17) is 5.73 Å². The van der Waals surface area contributed by atoms with Crippen molar-refractivity contribution in [3.63, 3.8) is 0 Å². The van der Waals surface area contributed by atoms with Crippen LogP contribution in [0.25, 0.3) is 0 Å². The summed E-state index contributed by atoms with van der Waals surface area (Å²) in [5.74, 6) is -0.261. The Balaban J connectivity index is 2.25. The molecule has 19 heavy (non-hydrogen) atoms.